The van der Waals surface area contributed by atoms with Crippen LogP contribution in [-0.4, -0.2) is 38.3 Å². The third kappa shape index (κ3) is 2.73. The standard InChI is InChI=1S/C15H22N2O2/c1-16(2)12-8-4-5-9-13(12)17(3)15(19)11-7-6-10-14(11)18/h4-5,8-9,11,14,18H,6-7,10H2,1-3H3. The molecule has 0 radical (unpaired) electrons. The van der Waals surface area contributed by atoms with Crippen molar-refractivity contribution < 1.29 is 9.90 Å². The first-order valence-corrected chi connectivity index (χ1v) is 6.74. The summed E-state index contributed by atoms with van der Waals surface area (Å²) in [6.07, 6.45) is 1.97. The summed E-state index contributed by atoms with van der Waals surface area (Å²) in [5.41, 5.74) is 1.89. The maximum absolute atomic E-state index is 12.5. The van der Waals surface area contributed by atoms with Crippen LogP contribution in [-0.2, 0) is 4.79 Å². The lowest BCUT2D eigenvalue weighted by Gasteiger charge is -2.27. The van der Waals surface area contributed by atoms with Gasteiger partial charge in [0, 0.05) is 21.1 Å². The van der Waals surface area contributed by atoms with Gasteiger partial charge in [0.05, 0.1) is 23.4 Å². The molecule has 2 rings (SSSR count). The van der Waals surface area contributed by atoms with Gasteiger partial charge in [-0.05, 0) is 31.4 Å². The molecule has 0 spiro atoms. The van der Waals surface area contributed by atoms with Crippen molar-refractivity contribution in [2.75, 3.05) is 30.9 Å². The van der Waals surface area contributed by atoms with Crippen LogP contribution >= 0.6 is 0 Å². The van der Waals surface area contributed by atoms with Crippen molar-refractivity contribution >= 4 is 17.3 Å². The molecule has 0 heterocycles. The molecule has 0 aromatic heterocycles. The van der Waals surface area contributed by atoms with Crippen LogP contribution in [0.25, 0.3) is 0 Å². The number of carbonyl (C=O) groups excluding carboxylic acids is 1. The molecule has 0 aliphatic heterocycles. The maximum atomic E-state index is 12.5. The largest absolute Gasteiger partial charge is 0.392 e. The molecule has 1 aromatic rings. The molecule has 104 valence electrons. The number of hydrogen-bond donors (Lipinski definition) is 1. The Kier molecular flexibility index (Phi) is 4.10. The zero-order valence-electron chi connectivity index (χ0n) is 11.8. The highest BCUT2D eigenvalue weighted by atomic mass is 16.3. The minimum atomic E-state index is -0.485. The Balaban J connectivity index is 2.24. The molecule has 1 aromatic carbocycles. The highest BCUT2D eigenvalue weighted by molar-refractivity contribution is 5.98. The van der Waals surface area contributed by atoms with Gasteiger partial charge in [0.15, 0.2) is 0 Å². The fourth-order valence-corrected chi connectivity index (χ4v) is 2.72. The van der Waals surface area contributed by atoms with Gasteiger partial charge in [-0.15, -0.1) is 0 Å². The molecule has 1 saturated carbocycles. The third-order valence-corrected chi connectivity index (χ3v) is 3.85. The molecule has 1 aliphatic carbocycles. The van der Waals surface area contributed by atoms with Gasteiger partial charge in [-0.3, -0.25) is 4.79 Å². The normalized spacial score (nSPS) is 22.3. The zero-order chi connectivity index (χ0) is 14.0. The summed E-state index contributed by atoms with van der Waals surface area (Å²) < 4.78 is 0. The molecule has 0 saturated heterocycles. The average molecular weight is 262 g/mol. The van der Waals surface area contributed by atoms with Crippen LogP contribution < -0.4 is 9.80 Å². The Hall–Kier alpha value is -1.55. The molecule has 1 N–H and O–H groups in total. The van der Waals surface area contributed by atoms with Gasteiger partial charge < -0.3 is 14.9 Å². The van der Waals surface area contributed by atoms with Crippen LogP contribution in [0.5, 0.6) is 0 Å². The van der Waals surface area contributed by atoms with Crippen molar-refractivity contribution in [1.82, 2.24) is 0 Å². The summed E-state index contributed by atoms with van der Waals surface area (Å²) in [4.78, 5) is 16.1. The minimum absolute atomic E-state index is 0.0132. The topological polar surface area (TPSA) is 43.8 Å². The molecule has 0 bridgehead atoms. The molecule has 4 heteroatoms. The highest BCUT2D eigenvalue weighted by Gasteiger charge is 2.34. The van der Waals surface area contributed by atoms with Crippen LogP contribution in [0, 0.1) is 5.92 Å². The van der Waals surface area contributed by atoms with Crippen molar-refractivity contribution in [2.45, 2.75) is 25.4 Å². The van der Waals surface area contributed by atoms with Gasteiger partial charge in [-0.2, -0.15) is 0 Å². The van der Waals surface area contributed by atoms with E-state index >= 15 is 0 Å². The SMILES string of the molecule is CN(C)c1ccccc1N(C)C(=O)C1CCCC1O. The monoisotopic (exact) mass is 262 g/mol. The smallest absolute Gasteiger partial charge is 0.232 e. The Bertz CT molecular complexity index is 459. The van der Waals surface area contributed by atoms with E-state index in [2.05, 4.69) is 0 Å². The summed E-state index contributed by atoms with van der Waals surface area (Å²) in [5.74, 6) is -0.237. The third-order valence-electron chi connectivity index (χ3n) is 3.85. The number of anilines is 2. The summed E-state index contributed by atoms with van der Waals surface area (Å²) in [7, 11) is 5.71. The predicted octanol–water partition coefficient (Wildman–Crippen LogP) is 1.88. The number of aliphatic hydroxyl groups is 1. The van der Waals surface area contributed by atoms with Gasteiger partial charge in [0.25, 0.3) is 0 Å². The summed E-state index contributed by atoms with van der Waals surface area (Å²) in [5, 5.41) is 9.88. The molecular weight excluding hydrogens is 240 g/mol. The van der Waals surface area contributed by atoms with Crippen molar-refractivity contribution in [3.05, 3.63) is 24.3 Å². The van der Waals surface area contributed by atoms with Crippen LogP contribution in [0.4, 0.5) is 11.4 Å². The zero-order valence-corrected chi connectivity index (χ0v) is 11.8. The van der Waals surface area contributed by atoms with E-state index in [0.29, 0.717) is 0 Å². The van der Waals surface area contributed by atoms with Gasteiger partial charge >= 0.3 is 0 Å². The highest BCUT2D eigenvalue weighted by Crippen LogP contribution is 2.32. The molecule has 2 unspecified atom stereocenters. The van der Waals surface area contributed by atoms with E-state index in [0.717, 1.165) is 30.6 Å². The minimum Gasteiger partial charge on any atom is -0.392 e. The van der Waals surface area contributed by atoms with Gasteiger partial charge in [-0.25, -0.2) is 0 Å². The second-order valence-electron chi connectivity index (χ2n) is 5.39. The first-order chi connectivity index (χ1) is 9.02. The van der Waals surface area contributed by atoms with Crippen molar-refractivity contribution in [2.24, 2.45) is 5.92 Å². The second-order valence-corrected chi connectivity index (χ2v) is 5.39. The van der Waals surface area contributed by atoms with Crippen LogP contribution in [0.2, 0.25) is 0 Å². The van der Waals surface area contributed by atoms with Gasteiger partial charge in [0.2, 0.25) is 5.91 Å². The van der Waals surface area contributed by atoms with E-state index in [1.54, 1.807) is 11.9 Å². The lowest BCUT2D eigenvalue weighted by atomic mass is 10.0. The Labute approximate surface area is 114 Å². The number of nitrogens with zero attached hydrogens (tertiary/aromatic N) is 2. The summed E-state index contributed by atoms with van der Waals surface area (Å²) >= 11 is 0. The van der Waals surface area contributed by atoms with E-state index in [1.165, 1.54) is 0 Å². The van der Waals surface area contributed by atoms with Crippen molar-refractivity contribution in [1.29, 1.82) is 0 Å². The molecule has 2 atom stereocenters. The molecule has 1 amide bonds. The van der Waals surface area contributed by atoms with E-state index in [9.17, 15) is 9.90 Å². The number of carbonyl (C=O) groups is 1. The lowest BCUT2D eigenvalue weighted by molar-refractivity contribution is -0.124. The number of benzene rings is 1. The van der Waals surface area contributed by atoms with Crippen molar-refractivity contribution in [3.8, 4) is 0 Å². The molecule has 1 fully saturated rings. The van der Waals surface area contributed by atoms with Crippen LogP contribution in [0.15, 0.2) is 24.3 Å². The fourth-order valence-electron chi connectivity index (χ4n) is 2.72. The van der Waals surface area contributed by atoms with Gasteiger partial charge in [0.1, 0.15) is 0 Å². The quantitative estimate of drug-likeness (QED) is 0.904. The summed E-state index contributed by atoms with van der Waals surface area (Å²) in [6, 6.07) is 7.82. The van der Waals surface area contributed by atoms with E-state index < -0.39 is 6.10 Å². The number of rotatable bonds is 3. The average Bonchev–Trinajstić information content (AvgIpc) is 2.83. The number of hydrogen-bond acceptors (Lipinski definition) is 3. The number of aliphatic hydroxyl groups excluding tert-OH is 1. The number of para-hydroxylation sites is 2. The molecule has 19 heavy (non-hydrogen) atoms. The first-order valence-electron chi connectivity index (χ1n) is 6.74. The van der Waals surface area contributed by atoms with Crippen LogP contribution in [0.3, 0.4) is 0 Å². The first kappa shape index (κ1) is 13.9. The predicted molar refractivity (Wildman–Crippen MR) is 77.5 cm³/mol. The van der Waals surface area contributed by atoms with Crippen molar-refractivity contribution in [3.63, 3.8) is 0 Å². The van der Waals surface area contributed by atoms with Crippen LogP contribution in [0.1, 0.15) is 19.3 Å². The Morgan fingerprint density at radius 1 is 1.16 bits per heavy atom. The molecule has 1 aliphatic rings. The Morgan fingerprint density at radius 3 is 2.32 bits per heavy atom. The van der Waals surface area contributed by atoms with E-state index in [4.69, 9.17) is 0 Å². The Morgan fingerprint density at radius 2 is 1.79 bits per heavy atom. The van der Waals surface area contributed by atoms with E-state index in [-0.39, 0.29) is 11.8 Å². The molecular formula is C15H22N2O2. The lowest BCUT2D eigenvalue weighted by Crippen LogP contribution is -2.37. The second kappa shape index (κ2) is 5.61. The van der Waals surface area contributed by atoms with Gasteiger partial charge in [-0.1, -0.05) is 12.1 Å². The maximum Gasteiger partial charge on any atom is 0.232 e. The summed E-state index contributed by atoms with van der Waals surface area (Å²) in [6.45, 7) is 0. The number of amides is 1. The fraction of sp³-hybridized carbons (Fsp3) is 0.533. The van der Waals surface area contributed by atoms with E-state index in [1.807, 2.05) is 43.3 Å². The molecule has 4 nitrogen and oxygen atoms in total.